The van der Waals surface area contributed by atoms with E-state index in [1.54, 1.807) is 7.11 Å². The minimum atomic E-state index is -0.443. The van der Waals surface area contributed by atoms with E-state index in [-0.39, 0.29) is 5.04 Å². The van der Waals surface area contributed by atoms with Gasteiger partial charge < -0.3 is 9.16 Å². The maximum Gasteiger partial charge on any atom is 0.237 e. The van der Waals surface area contributed by atoms with Gasteiger partial charge in [0.15, 0.2) is 0 Å². The predicted molar refractivity (Wildman–Crippen MR) is 109 cm³/mol. The van der Waals surface area contributed by atoms with Gasteiger partial charge in [0.25, 0.3) is 0 Å². The maximum absolute atomic E-state index is 6.37. The minimum Gasteiger partial charge on any atom is -0.481 e. The lowest BCUT2D eigenvalue weighted by Crippen LogP contribution is -2.30. The molecule has 0 saturated heterocycles. The van der Waals surface area contributed by atoms with Crippen molar-refractivity contribution in [3.05, 3.63) is 21.3 Å². The molecule has 0 spiro atoms. The Morgan fingerprint density at radius 2 is 1.80 bits per heavy atom. The molecule has 2 rings (SSSR count). The zero-order chi connectivity index (χ0) is 19.0. The molecule has 0 N–H and O–H groups in total. The van der Waals surface area contributed by atoms with Crippen molar-refractivity contribution in [2.45, 2.75) is 84.3 Å². The van der Waals surface area contributed by atoms with Gasteiger partial charge in [0.2, 0.25) is 15.6 Å². The third-order valence-electron chi connectivity index (χ3n) is 4.37. The third kappa shape index (κ3) is 5.30. The van der Waals surface area contributed by atoms with Crippen LogP contribution < -0.4 is 4.74 Å². The summed E-state index contributed by atoms with van der Waals surface area (Å²) in [6.07, 6.45) is 3.71. The highest BCUT2D eigenvalue weighted by Gasteiger charge is 2.35. The fourth-order valence-electron chi connectivity index (χ4n) is 2.87. The highest BCUT2D eigenvalue weighted by molar-refractivity contribution is 9.10. The average molecular weight is 426 g/mol. The second-order valence-electron chi connectivity index (χ2n) is 8.94. The molecule has 1 fully saturated rings. The molecular weight excluding hydrogens is 394 g/mol. The Labute approximate surface area is 164 Å². The van der Waals surface area contributed by atoms with Gasteiger partial charge in [0.05, 0.1) is 18.4 Å². The highest BCUT2D eigenvalue weighted by Crippen LogP contribution is 2.44. The summed E-state index contributed by atoms with van der Waals surface area (Å²) in [4.78, 5) is 4.95. The van der Waals surface area contributed by atoms with Gasteiger partial charge >= 0.3 is 0 Å². The van der Waals surface area contributed by atoms with Crippen LogP contribution >= 0.6 is 15.9 Å². The van der Waals surface area contributed by atoms with Crippen LogP contribution in [0.4, 0.5) is 0 Å². The molecule has 25 heavy (non-hydrogen) atoms. The first kappa shape index (κ1) is 20.9. The predicted octanol–water partition coefficient (Wildman–Crippen LogP) is 6.02. The van der Waals surface area contributed by atoms with Crippen molar-refractivity contribution in [1.82, 2.24) is 4.98 Å². The monoisotopic (exact) mass is 425 g/mol. The van der Waals surface area contributed by atoms with Gasteiger partial charge in [-0.2, -0.15) is 0 Å². The quantitative estimate of drug-likeness (QED) is 0.500. The molecule has 0 aliphatic heterocycles. The number of aromatic nitrogens is 1. The molecule has 0 aromatic carbocycles. The maximum atomic E-state index is 6.37. The summed E-state index contributed by atoms with van der Waals surface area (Å²) in [5.41, 5.74) is 3.04. The average Bonchev–Trinajstić information content (AvgIpc) is 3.29. The first-order valence-electron chi connectivity index (χ1n) is 9.18. The summed E-state index contributed by atoms with van der Waals surface area (Å²) in [6.45, 7) is 15.3. The van der Waals surface area contributed by atoms with Crippen LogP contribution in [-0.2, 0) is 16.4 Å². The molecule has 0 atom stereocenters. The first-order valence-corrected chi connectivity index (χ1v) is 10.9. The Hall–Kier alpha value is -0.393. The van der Waals surface area contributed by atoms with Crippen molar-refractivity contribution in [3.8, 4) is 5.88 Å². The largest absolute Gasteiger partial charge is 0.481 e. The van der Waals surface area contributed by atoms with Crippen molar-refractivity contribution >= 4 is 25.7 Å². The zero-order valence-corrected chi connectivity index (χ0v) is 19.5. The smallest absolute Gasteiger partial charge is 0.237 e. The van der Waals surface area contributed by atoms with E-state index in [0.717, 1.165) is 28.1 Å². The lowest BCUT2D eigenvalue weighted by molar-refractivity contribution is 0.102. The van der Waals surface area contributed by atoms with Crippen molar-refractivity contribution in [3.63, 3.8) is 0 Å². The van der Waals surface area contributed by atoms with Gasteiger partial charge in [0, 0.05) is 10.0 Å². The Morgan fingerprint density at radius 3 is 2.24 bits per heavy atom. The van der Waals surface area contributed by atoms with E-state index in [2.05, 4.69) is 64.4 Å². The summed E-state index contributed by atoms with van der Waals surface area (Å²) in [7, 11) is 2.12. The molecule has 2 radical (unpaired) electrons. The molecule has 0 amide bonds. The minimum absolute atomic E-state index is 0.146. The molecule has 0 bridgehead atoms. The number of ether oxygens (including phenoxy) is 1. The van der Waals surface area contributed by atoms with Crippen LogP contribution in [-0.4, -0.2) is 21.9 Å². The summed E-state index contributed by atoms with van der Waals surface area (Å²) < 4.78 is 13.2. The summed E-state index contributed by atoms with van der Waals surface area (Å²) in [5, 5.41) is 0.146. The fraction of sp³-hybridized carbons (Fsp3) is 0.750. The molecule has 1 aliphatic carbocycles. The van der Waals surface area contributed by atoms with Gasteiger partial charge in [-0.15, -0.1) is 0 Å². The lowest BCUT2D eigenvalue weighted by Gasteiger charge is -2.32. The summed E-state index contributed by atoms with van der Waals surface area (Å²) >= 11 is 3.89. The molecule has 1 aromatic heterocycles. The van der Waals surface area contributed by atoms with Crippen molar-refractivity contribution < 1.29 is 9.16 Å². The van der Waals surface area contributed by atoms with Crippen LogP contribution in [0.2, 0.25) is 5.04 Å². The number of hydrogen-bond donors (Lipinski definition) is 0. The summed E-state index contributed by atoms with van der Waals surface area (Å²) in [5.74, 6) is 1.85. The molecule has 3 nitrogen and oxygen atoms in total. The lowest BCUT2D eigenvalue weighted by atomic mass is 9.92. The van der Waals surface area contributed by atoms with Crippen molar-refractivity contribution in [1.29, 1.82) is 0 Å². The standard InChI is InChI=1S/C20H32BrNO2Si/c1-12(2)15-16(21)14(11-13-9-10-13)17(22-18(15)23-8)20(6,7)24-25-19(3,4)5/h12-13H,9-11H2,1-8H3. The number of methoxy groups -OCH3 is 1. The number of halogens is 1. The van der Waals surface area contributed by atoms with Gasteiger partial charge in [0.1, 0.15) is 0 Å². The Kier molecular flexibility index (Phi) is 6.43. The van der Waals surface area contributed by atoms with Gasteiger partial charge in [-0.25, -0.2) is 4.98 Å². The van der Waals surface area contributed by atoms with E-state index in [4.69, 9.17) is 14.1 Å². The Morgan fingerprint density at radius 1 is 1.20 bits per heavy atom. The number of rotatable bonds is 7. The molecule has 1 aromatic rings. The molecule has 0 unspecified atom stereocenters. The number of pyridine rings is 1. The van der Waals surface area contributed by atoms with E-state index in [1.807, 2.05) is 0 Å². The highest BCUT2D eigenvalue weighted by atomic mass is 79.9. The van der Waals surface area contributed by atoms with E-state index in [9.17, 15) is 0 Å². The molecule has 140 valence electrons. The normalized spacial score (nSPS) is 15.8. The third-order valence-corrected chi connectivity index (χ3v) is 6.50. The van der Waals surface area contributed by atoms with Crippen LogP contribution in [0, 0.1) is 5.92 Å². The van der Waals surface area contributed by atoms with Crippen LogP contribution in [0.15, 0.2) is 4.47 Å². The molecule has 1 heterocycles. The van der Waals surface area contributed by atoms with E-state index in [0.29, 0.717) is 21.6 Å². The van der Waals surface area contributed by atoms with Gasteiger partial charge in [-0.3, -0.25) is 0 Å². The second-order valence-corrected chi connectivity index (χ2v) is 11.6. The Balaban J connectivity index is 2.52. The topological polar surface area (TPSA) is 31.4 Å². The molecule has 5 heteroatoms. The van der Waals surface area contributed by atoms with Gasteiger partial charge in [-0.1, -0.05) is 34.6 Å². The van der Waals surface area contributed by atoms with Crippen LogP contribution in [0.25, 0.3) is 0 Å². The van der Waals surface area contributed by atoms with Crippen LogP contribution in [0.1, 0.15) is 84.0 Å². The zero-order valence-electron chi connectivity index (χ0n) is 16.9. The molecule has 1 aliphatic rings. The van der Waals surface area contributed by atoms with E-state index < -0.39 is 5.60 Å². The van der Waals surface area contributed by atoms with Crippen molar-refractivity contribution in [2.75, 3.05) is 7.11 Å². The van der Waals surface area contributed by atoms with Crippen molar-refractivity contribution in [2.24, 2.45) is 5.92 Å². The van der Waals surface area contributed by atoms with Crippen LogP contribution in [0.3, 0.4) is 0 Å². The first-order chi connectivity index (χ1) is 11.5. The second kappa shape index (κ2) is 7.69. The number of nitrogens with zero attached hydrogens (tertiary/aromatic N) is 1. The number of hydrogen-bond acceptors (Lipinski definition) is 3. The SMILES string of the molecule is COc1nc(C(C)(C)O[Si]C(C)(C)C)c(CC2CC2)c(Br)c1C(C)C. The molecule has 1 saturated carbocycles. The van der Waals surface area contributed by atoms with E-state index >= 15 is 0 Å². The fourth-order valence-corrected chi connectivity index (χ4v) is 4.50. The van der Waals surface area contributed by atoms with Crippen LogP contribution in [0.5, 0.6) is 5.88 Å². The molecular formula is C20H32BrNO2Si. The van der Waals surface area contributed by atoms with E-state index in [1.165, 1.54) is 18.4 Å². The summed E-state index contributed by atoms with van der Waals surface area (Å²) in [6, 6.07) is 0. The Bertz CT molecular complexity index is 619. The van der Waals surface area contributed by atoms with Gasteiger partial charge in [-0.05, 0) is 71.5 Å².